The molecule has 0 saturated carbocycles. The van der Waals surface area contributed by atoms with Crippen LogP contribution < -0.4 is 20.4 Å². The second-order valence-electron chi connectivity index (χ2n) is 18.8. The Bertz CT molecular complexity index is 1670. The largest absolute Gasteiger partial charge is 2.00 e. The van der Waals surface area contributed by atoms with E-state index in [1.54, 1.807) is 12.1 Å². The number of hydrogen-bond donors (Lipinski definition) is 8. The van der Waals surface area contributed by atoms with Crippen molar-refractivity contribution in [3.8, 4) is 23.0 Å². The molecule has 0 atom stereocenters. The third-order valence-electron chi connectivity index (χ3n) is 11.0. The van der Waals surface area contributed by atoms with E-state index in [1.807, 2.05) is 135 Å². The minimum absolute atomic E-state index is 0. The van der Waals surface area contributed by atoms with E-state index in [0.717, 1.165) is 33.4 Å². The fourth-order valence-corrected chi connectivity index (χ4v) is 6.66. The quantitative estimate of drug-likeness (QED) is 0.0572. The minimum atomic E-state index is -2.13. The fourth-order valence-electron chi connectivity index (χ4n) is 6.66. The van der Waals surface area contributed by atoms with E-state index in [1.165, 1.54) is 12.1 Å². The molecule has 12 N–H and O–H groups in total. The molecule has 16 heteroatoms. The number of hydrogen-bond acceptors (Lipinski definition) is 12. The SMILES string of the molecule is CC(C)c1cc(C(C)C)c(O)c(C(O)O)c1.CC(C)c1cc(C(C)C)c(O)c(C(O)O)c1.CC(C)c1cc(C(C)C)c(O)c(C([O-])[O-])c1.CC(C)c1cc(C(C)C)c(O)c(C([O-])[O-])c1.O.O.[Cu+2].[Cu+2]. The van der Waals surface area contributed by atoms with Crippen molar-refractivity contribution in [3.63, 3.8) is 0 Å². The van der Waals surface area contributed by atoms with Gasteiger partial charge in [0.15, 0.2) is 12.6 Å². The van der Waals surface area contributed by atoms with Crippen molar-refractivity contribution >= 4 is 0 Å². The van der Waals surface area contributed by atoms with Crippen LogP contribution in [-0.4, -0.2) is 51.8 Å². The summed E-state index contributed by atoms with van der Waals surface area (Å²) < 4.78 is 0. The Morgan fingerprint density at radius 3 is 0.559 bits per heavy atom. The van der Waals surface area contributed by atoms with Crippen LogP contribution in [0.15, 0.2) is 48.5 Å². The molecule has 14 nitrogen and oxygen atoms in total. The first-order valence-corrected chi connectivity index (χ1v) is 22.2. The van der Waals surface area contributed by atoms with Gasteiger partial charge in [-0.1, -0.05) is 147 Å². The minimum Gasteiger partial charge on any atom is -0.862 e. The predicted molar refractivity (Wildman–Crippen MR) is 252 cm³/mol. The van der Waals surface area contributed by atoms with Crippen molar-refractivity contribution in [2.45, 2.75) is 183 Å². The summed E-state index contributed by atoms with van der Waals surface area (Å²) in [5.41, 5.74) is 7.05. The maximum absolute atomic E-state index is 11.0. The number of phenolic OH excluding ortho intramolecular Hbond substituents is 4. The molecule has 394 valence electrons. The van der Waals surface area contributed by atoms with Crippen LogP contribution in [0.2, 0.25) is 0 Å². The molecule has 0 amide bonds. The van der Waals surface area contributed by atoms with E-state index >= 15 is 0 Å². The zero-order valence-electron chi connectivity index (χ0n) is 42.4. The Kier molecular flexibility index (Phi) is 33.4. The van der Waals surface area contributed by atoms with Crippen molar-refractivity contribution in [2.24, 2.45) is 0 Å². The van der Waals surface area contributed by atoms with Crippen molar-refractivity contribution in [1.29, 1.82) is 0 Å². The molecule has 4 aromatic rings. The Hall–Kier alpha value is -3.28. The average Bonchev–Trinajstić information content (AvgIpc) is 3.17. The van der Waals surface area contributed by atoms with Crippen molar-refractivity contribution < 1.29 is 106 Å². The molecule has 0 spiro atoms. The van der Waals surface area contributed by atoms with Gasteiger partial charge in [0.05, 0.1) is 0 Å². The number of aliphatic hydroxyl groups is 4. The molecule has 0 heterocycles. The van der Waals surface area contributed by atoms with Crippen LogP contribution in [0.5, 0.6) is 23.0 Å². The molecule has 0 unspecified atom stereocenters. The Labute approximate surface area is 426 Å². The zero-order valence-corrected chi connectivity index (χ0v) is 44.2. The first kappa shape index (κ1) is 71.3. The number of aromatic hydroxyl groups is 4. The van der Waals surface area contributed by atoms with Crippen LogP contribution in [0.25, 0.3) is 0 Å². The predicted octanol–water partition coefficient (Wildman–Crippen LogP) is 6.31. The molecule has 68 heavy (non-hydrogen) atoms. The number of phenols is 4. The number of rotatable bonds is 12. The number of benzene rings is 4. The molecule has 2 radical (unpaired) electrons. The monoisotopic (exact) mass is 1050 g/mol. The summed E-state index contributed by atoms with van der Waals surface area (Å²) in [6, 6.07) is 13.9. The fraction of sp³-hybridized carbons (Fsp3) is 0.538. The first-order valence-electron chi connectivity index (χ1n) is 22.2. The van der Waals surface area contributed by atoms with Gasteiger partial charge in [-0.25, -0.2) is 0 Å². The van der Waals surface area contributed by atoms with Crippen LogP contribution >= 0.6 is 0 Å². The molecule has 4 aromatic carbocycles. The Balaban J connectivity index is -0.000000394. The van der Waals surface area contributed by atoms with Crippen molar-refractivity contribution in [2.75, 3.05) is 0 Å². The van der Waals surface area contributed by atoms with E-state index in [2.05, 4.69) is 0 Å². The Morgan fingerprint density at radius 2 is 0.426 bits per heavy atom. The molecular formula is C52H80Cu2O14. The van der Waals surface area contributed by atoms with E-state index in [9.17, 15) is 61.3 Å². The summed E-state index contributed by atoms with van der Waals surface area (Å²) in [5, 5.41) is 120. The number of aliphatic hydroxyl groups excluding tert-OH is 2. The average molecular weight is 1060 g/mol. The van der Waals surface area contributed by atoms with Gasteiger partial charge in [0.2, 0.25) is 0 Å². The summed E-state index contributed by atoms with van der Waals surface area (Å²) in [4.78, 5) is 0. The third-order valence-corrected chi connectivity index (χ3v) is 11.0. The topological polar surface area (TPSA) is 317 Å². The van der Waals surface area contributed by atoms with Crippen LogP contribution in [0.3, 0.4) is 0 Å². The van der Waals surface area contributed by atoms with Crippen LogP contribution in [0.4, 0.5) is 0 Å². The van der Waals surface area contributed by atoms with Crippen LogP contribution in [0.1, 0.15) is 250 Å². The second-order valence-corrected chi connectivity index (χ2v) is 18.8. The standard InChI is InChI=1S/2C13H20O3.2C13H18O3.2Cu.2H2O/c4*1-7(2)9-5-10(8(3)4)12(14)11(6-9)13(15)16;;;;/h2*5-8,13-16H,1-4H3;2*5-8,13-14H,1-4H3;;;2*1H2/q;;2*-2;2*+2;;. The van der Waals surface area contributed by atoms with Gasteiger partial charge in [0, 0.05) is 11.1 Å². The van der Waals surface area contributed by atoms with Gasteiger partial charge in [-0.2, -0.15) is 12.6 Å². The normalized spacial score (nSPS) is 11.1. The molecule has 0 bridgehead atoms. The second kappa shape index (κ2) is 31.8. The maximum Gasteiger partial charge on any atom is 2.00 e. The molecular weight excluding hydrogens is 976 g/mol. The van der Waals surface area contributed by atoms with E-state index in [4.69, 9.17) is 0 Å². The molecule has 0 aliphatic heterocycles. The van der Waals surface area contributed by atoms with Crippen molar-refractivity contribution in [3.05, 3.63) is 115 Å². The van der Waals surface area contributed by atoms with Gasteiger partial charge in [0.1, 0.15) is 23.0 Å². The van der Waals surface area contributed by atoms with Gasteiger partial charge in [-0.3, -0.25) is 0 Å². The molecule has 4 rings (SSSR count). The molecule has 0 aliphatic rings. The molecule has 0 aromatic heterocycles. The van der Waals surface area contributed by atoms with Crippen LogP contribution in [0, 0.1) is 0 Å². The molecule has 0 aliphatic carbocycles. The van der Waals surface area contributed by atoms with Gasteiger partial charge in [-0.05, 0) is 115 Å². The molecule has 0 saturated heterocycles. The summed E-state index contributed by atoms with van der Waals surface area (Å²) in [5.74, 6) is 1.25. The van der Waals surface area contributed by atoms with Gasteiger partial charge in [0.25, 0.3) is 0 Å². The summed E-state index contributed by atoms with van der Waals surface area (Å²) in [6.45, 7) is 31.6. The van der Waals surface area contributed by atoms with E-state index in [0.29, 0.717) is 11.1 Å². The smallest absolute Gasteiger partial charge is 0.862 e. The third kappa shape index (κ3) is 20.2. The summed E-state index contributed by atoms with van der Waals surface area (Å²) in [6.07, 6.45) is -7.51. The van der Waals surface area contributed by atoms with Crippen molar-refractivity contribution in [1.82, 2.24) is 0 Å². The first-order chi connectivity index (χ1) is 29.4. The van der Waals surface area contributed by atoms with Gasteiger partial charge >= 0.3 is 34.1 Å². The Morgan fingerprint density at radius 1 is 0.279 bits per heavy atom. The van der Waals surface area contributed by atoms with Gasteiger partial charge < -0.3 is 72.2 Å². The van der Waals surface area contributed by atoms with Gasteiger partial charge in [-0.15, -0.1) is 0 Å². The summed E-state index contributed by atoms with van der Waals surface area (Å²) >= 11 is 0. The van der Waals surface area contributed by atoms with Crippen LogP contribution in [-0.2, 0) is 34.1 Å². The summed E-state index contributed by atoms with van der Waals surface area (Å²) in [7, 11) is 0. The van der Waals surface area contributed by atoms with E-state index < -0.39 is 25.2 Å². The van der Waals surface area contributed by atoms with E-state index in [-0.39, 0.29) is 138 Å². The zero-order chi connectivity index (χ0) is 49.8. The molecule has 0 fully saturated rings. The maximum atomic E-state index is 11.0.